The zero-order chi connectivity index (χ0) is 20.5. The molecule has 1 amide bonds. The number of nitrogens with zero attached hydrogens (tertiary/aromatic N) is 3. The first-order valence-corrected chi connectivity index (χ1v) is 10.6. The maximum atomic E-state index is 12.7. The van der Waals surface area contributed by atoms with Gasteiger partial charge in [0.05, 0.1) is 16.6 Å². The van der Waals surface area contributed by atoms with Gasteiger partial charge in [0.15, 0.2) is 5.65 Å². The van der Waals surface area contributed by atoms with E-state index in [1.54, 1.807) is 0 Å². The molecule has 5 rings (SSSR count). The molecule has 5 nitrogen and oxygen atoms in total. The fourth-order valence-electron chi connectivity index (χ4n) is 3.76. The van der Waals surface area contributed by atoms with Gasteiger partial charge in [-0.3, -0.25) is 4.79 Å². The third-order valence-corrected chi connectivity index (χ3v) is 5.69. The molecule has 0 fully saturated rings. The normalized spacial score (nSPS) is 11.4. The van der Waals surface area contributed by atoms with Crippen LogP contribution in [0.25, 0.3) is 33.1 Å². The highest BCUT2D eigenvalue weighted by molar-refractivity contribution is 9.10. The summed E-state index contributed by atoms with van der Waals surface area (Å²) in [6.07, 6.45) is 0.803. The number of aromatic nitrogens is 3. The quantitative estimate of drug-likeness (QED) is 0.409. The second-order valence-corrected chi connectivity index (χ2v) is 8.13. The number of amides is 1. The van der Waals surface area contributed by atoms with Gasteiger partial charge in [0.2, 0.25) is 5.91 Å². The molecule has 0 atom stereocenters. The molecule has 1 N–H and O–H groups in total. The smallest absolute Gasteiger partial charge is 0.240 e. The molecule has 0 radical (unpaired) electrons. The van der Waals surface area contributed by atoms with E-state index in [0.29, 0.717) is 6.54 Å². The summed E-state index contributed by atoms with van der Waals surface area (Å²) in [5.41, 5.74) is 5.34. The molecular weight excluding hydrogens is 440 g/mol. The van der Waals surface area contributed by atoms with E-state index >= 15 is 0 Å². The first kappa shape index (κ1) is 18.8. The highest BCUT2D eigenvalue weighted by Gasteiger charge is 2.17. The summed E-state index contributed by atoms with van der Waals surface area (Å²) in [4.78, 5) is 22.4. The molecular formula is C24H19BrN4O. The Balaban J connectivity index is 1.49. The minimum Gasteiger partial charge on any atom is -0.354 e. The number of fused-ring (bicyclic) bond motifs is 4. The molecule has 3 aromatic carbocycles. The Bertz CT molecular complexity index is 1380. The highest BCUT2D eigenvalue weighted by Crippen LogP contribution is 2.30. The van der Waals surface area contributed by atoms with Gasteiger partial charge >= 0.3 is 0 Å². The van der Waals surface area contributed by atoms with E-state index in [1.807, 2.05) is 65.2 Å². The highest BCUT2D eigenvalue weighted by atomic mass is 79.9. The molecule has 0 saturated carbocycles. The van der Waals surface area contributed by atoms with Crippen LogP contribution in [0.2, 0.25) is 0 Å². The average molecular weight is 459 g/mol. The standard InChI is InChI=1S/C24H19BrN4O/c25-17-10-11-21-18(14-17)23-24(28-20-9-5-4-8-19(20)27-23)29(21)15-22(30)26-13-12-16-6-2-1-3-7-16/h1-11,14H,12-13,15H2,(H,26,30). The van der Waals surface area contributed by atoms with E-state index in [0.717, 1.165) is 44.0 Å². The average Bonchev–Trinajstić information content (AvgIpc) is 3.05. The molecule has 148 valence electrons. The van der Waals surface area contributed by atoms with E-state index in [1.165, 1.54) is 5.56 Å². The fraction of sp³-hybridized carbons (Fsp3) is 0.125. The zero-order valence-corrected chi connectivity index (χ0v) is 17.8. The Morgan fingerprint density at radius 2 is 1.67 bits per heavy atom. The number of benzene rings is 3. The second-order valence-electron chi connectivity index (χ2n) is 7.22. The fourth-order valence-corrected chi connectivity index (χ4v) is 4.12. The molecule has 6 heteroatoms. The molecule has 30 heavy (non-hydrogen) atoms. The van der Waals surface area contributed by atoms with Gasteiger partial charge in [-0.05, 0) is 42.3 Å². The number of hydrogen-bond donors (Lipinski definition) is 1. The lowest BCUT2D eigenvalue weighted by Crippen LogP contribution is -2.29. The summed E-state index contributed by atoms with van der Waals surface area (Å²) in [5, 5.41) is 4.01. The minimum absolute atomic E-state index is 0.0393. The minimum atomic E-state index is -0.0393. The molecule has 0 saturated heterocycles. The van der Waals surface area contributed by atoms with Crippen LogP contribution in [-0.4, -0.2) is 27.0 Å². The van der Waals surface area contributed by atoms with Crippen LogP contribution in [0.3, 0.4) is 0 Å². The van der Waals surface area contributed by atoms with Gasteiger partial charge in [0, 0.05) is 16.4 Å². The van der Waals surface area contributed by atoms with Crippen LogP contribution < -0.4 is 5.32 Å². The van der Waals surface area contributed by atoms with E-state index < -0.39 is 0 Å². The Kier molecular flexibility index (Phi) is 4.93. The SMILES string of the molecule is O=C(Cn1c2ccc(Br)cc2c2nc3ccccc3nc21)NCCc1ccccc1. The van der Waals surface area contributed by atoms with Crippen LogP contribution in [0.5, 0.6) is 0 Å². The number of carbonyl (C=O) groups is 1. The molecule has 2 heterocycles. The number of para-hydroxylation sites is 2. The van der Waals surface area contributed by atoms with Gasteiger partial charge < -0.3 is 9.88 Å². The zero-order valence-electron chi connectivity index (χ0n) is 16.2. The van der Waals surface area contributed by atoms with Crippen LogP contribution in [0.15, 0.2) is 77.3 Å². The summed E-state index contributed by atoms with van der Waals surface area (Å²) < 4.78 is 2.92. The van der Waals surface area contributed by atoms with E-state index in [4.69, 9.17) is 9.97 Å². The largest absolute Gasteiger partial charge is 0.354 e. The van der Waals surface area contributed by atoms with Crippen LogP contribution in [0, 0.1) is 0 Å². The van der Waals surface area contributed by atoms with Crippen molar-refractivity contribution in [1.29, 1.82) is 0 Å². The number of carbonyl (C=O) groups excluding carboxylic acids is 1. The maximum Gasteiger partial charge on any atom is 0.240 e. The van der Waals surface area contributed by atoms with Crippen LogP contribution in [0.4, 0.5) is 0 Å². The lowest BCUT2D eigenvalue weighted by Gasteiger charge is -2.09. The van der Waals surface area contributed by atoms with Crippen molar-refractivity contribution in [3.8, 4) is 0 Å². The third-order valence-electron chi connectivity index (χ3n) is 5.19. The summed E-state index contributed by atoms with van der Waals surface area (Å²) >= 11 is 3.55. The van der Waals surface area contributed by atoms with Crippen LogP contribution >= 0.6 is 15.9 Å². The van der Waals surface area contributed by atoms with Crippen molar-refractivity contribution in [2.75, 3.05) is 6.54 Å². The number of halogens is 1. The lowest BCUT2D eigenvalue weighted by molar-refractivity contribution is -0.121. The molecule has 2 aromatic heterocycles. The molecule has 0 spiro atoms. The number of rotatable bonds is 5. The number of hydrogen-bond acceptors (Lipinski definition) is 3. The summed E-state index contributed by atoms with van der Waals surface area (Å²) in [5.74, 6) is -0.0393. The van der Waals surface area contributed by atoms with Crippen LogP contribution in [0.1, 0.15) is 5.56 Å². The third kappa shape index (κ3) is 3.55. The van der Waals surface area contributed by atoms with E-state index in [-0.39, 0.29) is 12.5 Å². The Morgan fingerprint density at radius 3 is 2.47 bits per heavy atom. The summed E-state index contributed by atoms with van der Waals surface area (Å²) in [6.45, 7) is 0.795. The monoisotopic (exact) mass is 458 g/mol. The second kappa shape index (κ2) is 7.88. The van der Waals surface area contributed by atoms with Crippen molar-refractivity contribution in [2.24, 2.45) is 0 Å². The predicted octanol–water partition coefficient (Wildman–Crippen LogP) is 4.86. The maximum absolute atomic E-state index is 12.7. The lowest BCUT2D eigenvalue weighted by atomic mass is 10.1. The topological polar surface area (TPSA) is 59.8 Å². The van der Waals surface area contributed by atoms with Crippen molar-refractivity contribution >= 4 is 54.9 Å². The summed E-state index contributed by atoms with van der Waals surface area (Å²) in [7, 11) is 0. The Morgan fingerprint density at radius 1 is 0.933 bits per heavy atom. The number of nitrogens with one attached hydrogen (secondary N) is 1. The predicted molar refractivity (Wildman–Crippen MR) is 123 cm³/mol. The van der Waals surface area contributed by atoms with Crippen molar-refractivity contribution < 1.29 is 4.79 Å². The molecule has 0 unspecified atom stereocenters. The summed E-state index contributed by atoms with van der Waals surface area (Å²) in [6, 6.07) is 24.0. The van der Waals surface area contributed by atoms with Gasteiger partial charge in [-0.1, -0.05) is 58.4 Å². The molecule has 5 aromatic rings. The van der Waals surface area contributed by atoms with Crippen molar-refractivity contribution in [3.63, 3.8) is 0 Å². The molecule has 0 bridgehead atoms. The van der Waals surface area contributed by atoms with Crippen molar-refractivity contribution in [2.45, 2.75) is 13.0 Å². The van der Waals surface area contributed by atoms with Gasteiger partial charge in [0.25, 0.3) is 0 Å². The molecule has 0 aliphatic rings. The molecule has 0 aliphatic carbocycles. The van der Waals surface area contributed by atoms with Gasteiger partial charge in [0.1, 0.15) is 12.1 Å². The van der Waals surface area contributed by atoms with Crippen LogP contribution in [-0.2, 0) is 17.8 Å². The first-order valence-electron chi connectivity index (χ1n) is 9.84. The van der Waals surface area contributed by atoms with Crippen molar-refractivity contribution in [3.05, 3.63) is 82.8 Å². The Hall–Kier alpha value is -3.25. The molecule has 0 aliphatic heterocycles. The van der Waals surface area contributed by atoms with E-state index in [9.17, 15) is 4.79 Å². The van der Waals surface area contributed by atoms with Gasteiger partial charge in [-0.15, -0.1) is 0 Å². The van der Waals surface area contributed by atoms with Gasteiger partial charge in [-0.25, -0.2) is 9.97 Å². The van der Waals surface area contributed by atoms with Crippen molar-refractivity contribution in [1.82, 2.24) is 19.9 Å². The van der Waals surface area contributed by atoms with E-state index in [2.05, 4.69) is 33.4 Å². The Labute approximate surface area is 181 Å². The van der Waals surface area contributed by atoms with Gasteiger partial charge in [-0.2, -0.15) is 0 Å². The first-order chi connectivity index (χ1) is 14.7.